The zero-order valence-corrected chi connectivity index (χ0v) is 7.71. The quantitative estimate of drug-likeness (QED) is 0.481. The SMILES string of the molecule is C.C.C.C1CCCCC1.[HH].c1ccccc1. The number of benzene rings is 1. The van der Waals surface area contributed by atoms with E-state index in [0.717, 1.165) is 0 Å². The van der Waals surface area contributed by atoms with Gasteiger partial charge in [-0.3, -0.25) is 0 Å². The maximum absolute atomic E-state index is 2.00. The van der Waals surface area contributed by atoms with E-state index in [2.05, 4.69) is 0 Å². The highest BCUT2D eigenvalue weighted by Crippen LogP contribution is 2.15. The maximum Gasteiger partial charge on any atom is 0 e. The topological polar surface area (TPSA) is 0 Å². The third-order valence-electron chi connectivity index (χ3n) is 2.17. The first kappa shape index (κ1) is 19.7. The monoisotopic (exact) mass is 212 g/mol. The van der Waals surface area contributed by atoms with E-state index < -0.39 is 0 Å². The average Bonchev–Trinajstić information content (AvgIpc) is 2.24. The normalized spacial score (nSPS) is 12.8. The van der Waals surface area contributed by atoms with Crippen molar-refractivity contribution in [1.29, 1.82) is 0 Å². The van der Waals surface area contributed by atoms with Crippen molar-refractivity contribution >= 4 is 0 Å². The minimum atomic E-state index is 0. The fraction of sp³-hybridized carbons (Fsp3) is 0.600. The first-order valence-electron chi connectivity index (χ1n) is 5.00. The van der Waals surface area contributed by atoms with Crippen LogP contribution in [0.25, 0.3) is 0 Å². The molecule has 0 aliphatic heterocycles. The van der Waals surface area contributed by atoms with Gasteiger partial charge >= 0.3 is 0 Å². The van der Waals surface area contributed by atoms with Crippen molar-refractivity contribution < 1.29 is 1.43 Å². The molecule has 0 nitrogen and oxygen atoms in total. The summed E-state index contributed by atoms with van der Waals surface area (Å²) in [4.78, 5) is 0. The van der Waals surface area contributed by atoms with Crippen LogP contribution in [0.5, 0.6) is 0 Å². The second kappa shape index (κ2) is 15.7. The lowest BCUT2D eigenvalue weighted by molar-refractivity contribution is 0.504. The van der Waals surface area contributed by atoms with Crippen molar-refractivity contribution in [3.05, 3.63) is 36.4 Å². The molecule has 1 aromatic carbocycles. The van der Waals surface area contributed by atoms with Gasteiger partial charge in [0.15, 0.2) is 0 Å². The van der Waals surface area contributed by atoms with Gasteiger partial charge in [-0.15, -0.1) is 0 Å². The molecular formula is C15H32. The summed E-state index contributed by atoms with van der Waals surface area (Å²) in [5.41, 5.74) is 0. The zero-order chi connectivity index (χ0) is 8.49. The Hall–Kier alpha value is -0.780. The third kappa shape index (κ3) is 13.2. The van der Waals surface area contributed by atoms with Crippen molar-refractivity contribution in [3.63, 3.8) is 0 Å². The Labute approximate surface area is 99.2 Å². The van der Waals surface area contributed by atoms with Crippen molar-refractivity contribution in [1.82, 2.24) is 0 Å². The minimum absolute atomic E-state index is 0. The van der Waals surface area contributed by atoms with Crippen LogP contribution in [0.1, 0.15) is 62.2 Å². The van der Waals surface area contributed by atoms with Crippen LogP contribution < -0.4 is 0 Å². The molecule has 0 saturated heterocycles. The standard InChI is InChI=1S/C6H12.C6H6.3CH4.H2/c2*1-2-4-6-5-3-1;;;;/h1-6H2;1-6H;3*1H4;1H. The fourth-order valence-electron chi connectivity index (χ4n) is 1.45. The summed E-state index contributed by atoms with van der Waals surface area (Å²) >= 11 is 0. The highest BCUT2D eigenvalue weighted by atomic mass is 14.0. The summed E-state index contributed by atoms with van der Waals surface area (Å²) in [6, 6.07) is 12.0. The van der Waals surface area contributed by atoms with Gasteiger partial charge in [-0.1, -0.05) is 97.2 Å². The van der Waals surface area contributed by atoms with Crippen LogP contribution in [0.4, 0.5) is 0 Å². The molecule has 0 atom stereocenters. The van der Waals surface area contributed by atoms with Gasteiger partial charge in [0.25, 0.3) is 0 Å². The lowest BCUT2D eigenvalue weighted by Crippen LogP contribution is -1.85. The number of hydrogen-bond donors (Lipinski definition) is 0. The van der Waals surface area contributed by atoms with E-state index in [1.54, 1.807) is 0 Å². The maximum atomic E-state index is 2.00. The molecule has 0 aromatic heterocycles. The van der Waals surface area contributed by atoms with E-state index in [1.807, 2.05) is 36.4 Å². The van der Waals surface area contributed by atoms with Crippen LogP contribution >= 0.6 is 0 Å². The Morgan fingerprint density at radius 2 is 0.533 bits per heavy atom. The van der Waals surface area contributed by atoms with E-state index >= 15 is 0 Å². The second-order valence-corrected chi connectivity index (χ2v) is 3.28. The first-order chi connectivity index (χ1) is 6.00. The first-order valence-corrected chi connectivity index (χ1v) is 5.00. The molecule has 0 bridgehead atoms. The molecule has 0 amide bonds. The van der Waals surface area contributed by atoms with Gasteiger partial charge in [-0.05, 0) is 0 Å². The molecule has 1 aromatic rings. The summed E-state index contributed by atoms with van der Waals surface area (Å²) in [7, 11) is 0. The number of rotatable bonds is 0. The summed E-state index contributed by atoms with van der Waals surface area (Å²) < 4.78 is 0. The van der Waals surface area contributed by atoms with Crippen molar-refractivity contribution in [3.8, 4) is 0 Å². The fourth-order valence-corrected chi connectivity index (χ4v) is 1.45. The predicted octanol–water partition coefficient (Wildman–Crippen LogP) is 6.18. The molecular weight excluding hydrogens is 180 g/mol. The van der Waals surface area contributed by atoms with E-state index in [1.165, 1.54) is 38.5 Å². The Bertz CT molecular complexity index is 130. The smallest absolute Gasteiger partial charge is 0 e. The lowest BCUT2D eigenvalue weighted by atomic mass is 10.0. The second-order valence-electron chi connectivity index (χ2n) is 3.28. The lowest BCUT2D eigenvalue weighted by Gasteiger charge is -2.05. The summed E-state index contributed by atoms with van der Waals surface area (Å²) in [6.45, 7) is 0. The molecule has 0 N–H and O–H groups in total. The van der Waals surface area contributed by atoms with E-state index in [4.69, 9.17) is 0 Å². The molecule has 2 rings (SSSR count). The summed E-state index contributed by atoms with van der Waals surface area (Å²) in [6.07, 6.45) is 9.00. The van der Waals surface area contributed by atoms with Gasteiger partial charge in [0.2, 0.25) is 0 Å². The van der Waals surface area contributed by atoms with Crippen LogP contribution in [0.3, 0.4) is 0 Å². The molecule has 0 spiro atoms. The molecule has 0 heteroatoms. The minimum Gasteiger partial charge on any atom is -0.0776 e. The molecule has 0 unspecified atom stereocenters. The Kier molecular flexibility index (Phi) is 20.6. The predicted molar refractivity (Wildman–Crippen MR) is 76.5 cm³/mol. The summed E-state index contributed by atoms with van der Waals surface area (Å²) in [5.74, 6) is 0. The Morgan fingerprint density at radius 3 is 0.667 bits per heavy atom. The Balaban J connectivity index is -0.0000000720. The van der Waals surface area contributed by atoms with Crippen molar-refractivity contribution in [2.75, 3.05) is 0 Å². The zero-order valence-electron chi connectivity index (χ0n) is 7.71. The van der Waals surface area contributed by atoms with Crippen molar-refractivity contribution in [2.45, 2.75) is 60.8 Å². The van der Waals surface area contributed by atoms with Crippen LogP contribution in [0.15, 0.2) is 36.4 Å². The molecule has 1 fully saturated rings. The third-order valence-corrected chi connectivity index (χ3v) is 2.17. The van der Waals surface area contributed by atoms with Crippen LogP contribution in [0, 0.1) is 0 Å². The van der Waals surface area contributed by atoms with E-state index in [-0.39, 0.29) is 23.7 Å². The Morgan fingerprint density at radius 1 is 0.400 bits per heavy atom. The largest absolute Gasteiger partial charge is 0.0776 e. The van der Waals surface area contributed by atoms with Gasteiger partial charge in [0, 0.05) is 1.43 Å². The van der Waals surface area contributed by atoms with Gasteiger partial charge < -0.3 is 0 Å². The molecule has 1 aliphatic rings. The van der Waals surface area contributed by atoms with Gasteiger partial charge in [0.05, 0.1) is 0 Å². The highest BCUT2D eigenvalue weighted by Gasteiger charge is 1.95. The van der Waals surface area contributed by atoms with Gasteiger partial charge in [-0.2, -0.15) is 0 Å². The van der Waals surface area contributed by atoms with Crippen molar-refractivity contribution in [2.24, 2.45) is 0 Å². The van der Waals surface area contributed by atoms with E-state index in [0.29, 0.717) is 0 Å². The molecule has 0 heterocycles. The molecule has 15 heavy (non-hydrogen) atoms. The summed E-state index contributed by atoms with van der Waals surface area (Å²) in [5, 5.41) is 0. The van der Waals surface area contributed by atoms with Crippen LogP contribution in [-0.2, 0) is 0 Å². The molecule has 0 radical (unpaired) electrons. The van der Waals surface area contributed by atoms with Gasteiger partial charge in [-0.25, -0.2) is 0 Å². The van der Waals surface area contributed by atoms with Crippen LogP contribution in [0.2, 0.25) is 0 Å². The molecule has 92 valence electrons. The van der Waals surface area contributed by atoms with E-state index in [9.17, 15) is 0 Å². The van der Waals surface area contributed by atoms with Crippen LogP contribution in [-0.4, -0.2) is 0 Å². The molecule has 1 saturated carbocycles. The number of hydrogen-bond acceptors (Lipinski definition) is 0. The van der Waals surface area contributed by atoms with Gasteiger partial charge in [0.1, 0.15) is 0 Å². The highest BCUT2D eigenvalue weighted by molar-refractivity contribution is 4.99. The average molecular weight is 212 g/mol. The molecule has 1 aliphatic carbocycles.